The molecule has 1 aliphatic rings. The van der Waals surface area contributed by atoms with Crippen molar-refractivity contribution in [3.05, 3.63) is 81.8 Å². The van der Waals surface area contributed by atoms with Crippen molar-refractivity contribution >= 4 is 33.3 Å². The molecule has 1 saturated heterocycles. The number of thiazole rings is 1. The molecule has 3 N–H and O–H groups in total. The van der Waals surface area contributed by atoms with E-state index in [1.54, 1.807) is 21.9 Å². The molecule has 0 saturated carbocycles. The van der Waals surface area contributed by atoms with Gasteiger partial charge in [0.15, 0.2) is 0 Å². The summed E-state index contributed by atoms with van der Waals surface area (Å²) in [5.41, 5.74) is 2.25. The third-order valence-corrected chi connectivity index (χ3v) is 10.8. The number of carbonyl (C=O) groups is 2. The van der Waals surface area contributed by atoms with Gasteiger partial charge in [-0.25, -0.2) is 18.2 Å². The number of rotatable bonds is 16. The minimum Gasteiger partial charge on any atom is -0.392 e. The number of hydrogen-bond donors (Lipinski definition) is 3. The lowest BCUT2D eigenvalue weighted by Gasteiger charge is -2.34. The number of hydrogen-bond acceptors (Lipinski definition) is 8. The Kier molecular flexibility index (Phi) is 12.5. The zero-order valence-corrected chi connectivity index (χ0v) is 29.4. The first-order valence-corrected chi connectivity index (χ1v) is 18.3. The van der Waals surface area contributed by atoms with E-state index in [0.29, 0.717) is 25.2 Å². The predicted molar refractivity (Wildman–Crippen MR) is 182 cm³/mol. The zero-order chi connectivity index (χ0) is 34.3. The van der Waals surface area contributed by atoms with Crippen molar-refractivity contribution < 1.29 is 28.2 Å². The molecular weight excluding hydrogens is 639 g/mol. The molecule has 2 aromatic carbocycles. The van der Waals surface area contributed by atoms with Gasteiger partial charge in [0, 0.05) is 31.6 Å². The SMILES string of the molecule is Cc1nc(CN2CCN([C@H](C(=O)N[C@@H](Cc3ccccc3)[C@@H](O)CN(CC(C)C)S(=O)(=O)c3ccc(CO)cc3)C(C)C)C2=O)cs1. The Morgan fingerprint density at radius 3 is 2.28 bits per heavy atom. The highest BCUT2D eigenvalue weighted by Crippen LogP contribution is 2.23. The molecule has 3 atom stereocenters. The molecule has 256 valence electrons. The topological polar surface area (TPSA) is 143 Å². The Morgan fingerprint density at radius 1 is 1.02 bits per heavy atom. The summed E-state index contributed by atoms with van der Waals surface area (Å²) in [4.78, 5) is 35.4. The van der Waals surface area contributed by atoms with Gasteiger partial charge in [0.05, 0.1) is 40.9 Å². The van der Waals surface area contributed by atoms with Crippen LogP contribution < -0.4 is 5.32 Å². The smallest absolute Gasteiger partial charge is 0.321 e. The average molecular weight is 686 g/mol. The molecule has 3 amide bonds. The van der Waals surface area contributed by atoms with Gasteiger partial charge in [0.25, 0.3) is 0 Å². The van der Waals surface area contributed by atoms with Crippen molar-refractivity contribution in [2.75, 3.05) is 26.2 Å². The fraction of sp³-hybridized carbons (Fsp3) is 0.500. The third-order valence-electron chi connectivity index (χ3n) is 8.18. The largest absolute Gasteiger partial charge is 0.392 e. The van der Waals surface area contributed by atoms with Crippen LogP contribution in [0.5, 0.6) is 0 Å². The number of aryl methyl sites for hydroxylation is 1. The van der Waals surface area contributed by atoms with E-state index in [9.17, 15) is 28.2 Å². The van der Waals surface area contributed by atoms with Crippen LogP contribution in [0.25, 0.3) is 0 Å². The highest BCUT2D eigenvalue weighted by molar-refractivity contribution is 7.89. The first-order chi connectivity index (χ1) is 22.3. The van der Waals surface area contributed by atoms with Gasteiger partial charge in [-0.15, -0.1) is 11.3 Å². The van der Waals surface area contributed by atoms with Gasteiger partial charge >= 0.3 is 6.03 Å². The second-order valence-corrected chi connectivity index (χ2v) is 15.8. The van der Waals surface area contributed by atoms with E-state index in [-0.39, 0.29) is 48.9 Å². The minimum atomic E-state index is -4.02. The van der Waals surface area contributed by atoms with Crippen molar-refractivity contribution in [1.29, 1.82) is 0 Å². The van der Waals surface area contributed by atoms with E-state index >= 15 is 0 Å². The lowest BCUT2D eigenvalue weighted by atomic mass is 9.97. The van der Waals surface area contributed by atoms with Crippen LogP contribution in [0.1, 0.15) is 49.5 Å². The van der Waals surface area contributed by atoms with Crippen molar-refractivity contribution in [3.63, 3.8) is 0 Å². The average Bonchev–Trinajstić information content (AvgIpc) is 3.61. The first kappa shape index (κ1) is 36.5. The molecule has 0 radical (unpaired) electrons. The number of aromatic nitrogens is 1. The summed E-state index contributed by atoms with van der Waals surface area (Å²) in [5.74, 6) is -0.675. The van der Waals surface area contributed by atoms with Gasteiger partial charge in [-0.2, -0.15) is 4.31 Å². The van der Waals surface area contributed by atoms with E-state index in [2.05, 4.69) is 10.3 Å². The van der Waals surface area contributed by atoms with E-state index in [0.717, 1.165) is 16.3 Å². The standard InChI is InChI=1S/C34H47N5O6S2/c1-23(2)18-38(47(44,45)29-13-11-27(21-40)12-14-29)20-31(41)30(17-26-9-7-6-8-10-26)36-33(42)32(24(3)4)39-16-15-37(34(39)43)19-28-22-46-25(5)35-28/h6-14,22-24,30-32,40-41H,15-21H2,1-5H3,(H,36,42)/t30-,31-,32-/m0/s1. The zero-order valence-electron chi connectivity index (χ0n) is 27.7. The van der Waals surface area contributed by atoms with Crippen LogP contribution in [0.15, 0.2) is 64.9 Å². The molecule has 0 aliphatic carbocycles. The third kappa shape index (κ3) is 9.38. The molecule has 3 aromatic rings. The number of aliphatic hydroxyl groups excluding tert-OH is 2. The second kappa shape index (κ2) is 16.2. The lowest BCUT2D eigenvalue weighted by Crippen LogP contribution is -2.57. The Balaban J connectivity index is 1.56. The molecule has 1 aliphatic heterocycles. The predicted octanol–water partition coefficient (Wildman–Crippen LogP) is 3.64. The summed E-state index contributed by atoms with van der Waals surface area (Å²) in [5, 5.41) is 27.0. The molecule has 13 heteroatoms. The van der Waals surface area contributed by atoms with E-state index < -0.39 is 34.1 Å². The van der Waals surface area contributed by atoms with Crippen molar-refractivity contribution in [2.45, 2.75) is 77.3 Å². The van der Waals surface area contributed by atoms with Crippen LogP contribution in [-0.4, -0.2) is 94.0 Å². The number of carbonyl (C=O) groups excluding carboxylic acids is 2. The highest BCUT2D eigenvalue weighted by Gasteiger charge is 2.40. The molecule has 1 aromatic heterocycles. The van der Waals surface area contributed by atoms with Gasteiger partial charge in [0.2, 0.25) is 15.9 Å². The summed E-state index contributed by atoms with van der Waals surface area (Å²) in [6, 6.07) is 13.5. The minimum absolute atomic E-state index is 0.0431. The highest BCUT2D eigenvalue weighted by atomic mass is 32.2. The van der Waals surface area contributed by atoms with Crippen LogP contribution in [0.3, 0.4) is 0 Å². The quantitative estimate of drug-likeness (QED) is 0.209. The Bertz CT molecular complexity index is 1580. The summed E-state index contributed by atoms with van der Waals surface area (Å²) >= 11 is 1.52. The second-order valence-electron chi connectivity index (χ2n) is 12.8. The number of nitrogens with zero attached hydrogens (tertiary/aromatic N) is 4. The lowest BCUT2D eigenvalue weighted by molar-refractivity contribution is -0.128. The maximum atomic E-state index is 14.0. The van der Waals surface area contributed by atoms with Crippen LogP contribution in [0.2, 0.25) is 0 Å². The Labute approximate surface area is 282 Å². The number of amides is 3. The molecular formula is C34H47N5O6S2. The van der Waals surface area contributed by atoms with Gasteiger partial charge < -0.3 is 25.3 Å². The van der Waals surface area contributed by atoms with Gasteiger partial charge in [0.1, 0.15) is 6.04 Å². The van der Waals surface area contributed by atoms with Gasteiger partial charge in [-0.1, -0.05) is 70.2 Å². The maximum Gasteiger partial charge on any atom is 0.321 e. The molecule has 4 rings (SSSR count). The normalized spacial score (nSPS) is 15.9. The molecule has 0 spiro atoms. The maximum absolute atomic E-state index is 14.0. The number of nitrogens with one attached hydrogen (secondary N) is 1. The summed E-state index contributed by atoms with van der Waals surface area (Å²) in [7, 11) is -4.02. The summed E-state index contributed by atoms with van der Waals surface area (Å²) in [6.07, 6.45) is -1.02. The summed E-state index contributed by atoms with van der Waals surface area (Å²) in [6.45, 7) is 10.4. The molecule has 11 nitrogen and oxygen atoms in total. The molecule has 47 heavy (non-hydrogen) atoms. The van der Waals surface area contributed by atoms with E-state index in [4.69, 9.17) is 0 Å². The molecule has 0 bridgehead atoms. The fourth-order valence-electron chi connectivity index (χ4n) is 5.84. The van der Waals surface area contributed by atoms with Gasteiger partial charge in [-0.3, -0.25) is 4.79 Å². The first-order valence-electron chi connectivity index (χ1n) is 16.0. The molecule has 1 fully saturated rings. The molecule has 2 heterocycles. The number of sulfonamides is 1. The monoisotopic (exact) mass is 685 g/mol. The fourth-order valence-corrected chi connectivity index (χ4v) is 8.06. The van der Waals surface area contributed by atoms with E-state index in [1.807, 2.05) is 70.3 Å². The van der Waals surface area contributed by atoms with Crippen molar-refractivity contribution in [3.8, 4) is 0 Å². The number of benzene rings is 2. The Morgan fingerprint density at radius 2 is 1.70 bits per heavy atom. The van der Waals surface area contributed by atoms with Crippen LogP contribution in [0.4, 0.5) is 4.79 Å². The number of aliphatic hydroxyl groups is 2. The summed E-state index contributed by atoms with van der Waals surface area (Å²) < 4.78 is 28.8. The van der Waals surface area contributed by atoms with Crippen molar-refractivity contribution in [2.24, 2.45) is 11.8 Å². The van der Waals surface area contributed by atoms with Crippen LogP contribution in [-0.2, 0) is 34.4 Å². The Hall–Kier alpha value is -3.36. The van der Waals surface area contributed by atoms with E-state index in [1.165, 1.54) is 27.8 Å². The van der Waals surface area contributed by atoms with Crippen LogP contribution in [0, 0.1) is 18.8 Å². The van der Waals surface area contributed by atoms with Crippen molar-refractivity contribution in [1.82, 2.24) is 24.4 Å². The number of urea groups is 1. The molecule has 0 unspecified atom stereocenters. The van der Waals surface area contributed by atoms with Crippen LogP contribution >= 0.6 is 11.3 Å². The van der Waals surface area contributed by atoms with Gasteiger partial charge in [-0.05, 0) is 48.4 Å².